The van der Waals surface area contributed by atoms with Crippen LogP contribution >= 0.6 is 0 Å². The number of carbonyl (C=O) groups is 1. The maximum atomic E-state index is 12.1. The van der Waals surface area contributed by atoms with Gasteiger partial charge in [-0.15, -0.1) is 0 Å². The molecule has 0 aliphatic carbocycles. The van der Waals surface area contributed by atoms with Gasteiger partial charge in [-0.3, -0.25) is 4.79 Å². The molecule has 11 nitrogen and oxygen atoms in total. The van der Waals surface area contributed by atoms with Gasteiger partial charge in [0, 0.05) is 73.8 Å². The number of imidazole rings is 1. The zero-order valence-electron chi connectivity index (χ0n) is 22.0. The van der Waals surface area contributed by atoms with E-state index < -0.39 is 6.10 Å². The van der Waals surface area contributed by atoms with Crippen molar-refractivity contribution < 1.29 is 19.4 Å². The van der Waals surface area contributed by atoms with Crippen molar-refractivity contribution in [3.05, 3.63) is 54.6 Å². The number of hydrogen-bond acceptors (Lipinski definition) is 9. The summed E-state index contributed by atoms with van der Waals surface area (Å²) < 4.78 is 13.4. The first-order valence-electron chi connectivity index (χ1n) is 13.1. The average molecular weight is 530 g/mol. The molecule has 1 saturated heterocycles. The Bertz CT molecular complexity index is 1510. The van der Waals surface area contributed by atoms with E-state index in [0.29, 0.717) is 55.9 Å². The Morgan fingerprint density at radius 1 is 1.18 bits per heavy atom. The minimum absolute atomic E-state index is 0.235. The number of aryl methyl sites for hydroxylation is 1. The molecule has 0 saturated carbocycles. The lowest BCUT2D eigenvalue weighted by Crippen LogP contribution is -2.51. The number of ether oxygens (including phenoxy) is 2. The quantitative estimate of drug-likeness (QED) is 0.389. The molecule has 1 atom stereocenters. The number of amides is 1. The van der Waals surface area contributed by atoms with Crippen LogP contribution in [-0.4, -0.2) is 81.3 Å². The van der Waals surface area contributed by atoms with Crippen LogP contribution in [0.1, 0.15) is 18.9 Å². The molecule has 1 aromatic carbocycles. The van der Waals surface area contributed by atoms with E-state index in [1.807, 2.05) is 35.0 Å². The maximum Gasteiger partial charge on any atom is 0.251 e. The predicted molar refractivity (Wildman–Crippen MR) is 147 cm³/mol. The molecule has 2 aliphatic heterocycles. The summed E-state index contributed by atoms with van der Waals surface area (Å²) in [5.41, 5.74) is 5.25. The largest absolute Gasteiger partial charge is 0.495 e. The van der Waals surface area contributed by atoms with Crippen molar-refractivity contribution >= 4 is 28.7 Å². The number of piperazine rings is 1. The smallest absolute Gasteiger partial charge is 0.251 e. The van der Waals surface area contributed by atoms with Crippen molar-refractivity contribution in [2.24, 2.45) is 0 Å². The fourth-order valence-corrected chi connectivity index (χ4v) is 5.12. The number of aliphatic hydroxyl groups excluding tert-OH is 1. The second-order valence-electron chi connectivity index (χ2n) is 9.77. The Kier molecular flexibility index (Phi) is 6.65. The summed E-state index contributed by atoms with van der Waals surface area (Å²) in [6.45, 7) is 4.60. The minimum Gasteiger partial charge on any atom is -0.495 e. The topological polar surface area (TPSA) is 117 Å². The van der Waals surface area contributed by atoms with E-state index in [9.17, 15) is 9.90 Å². The van der Waals surface area contributed by atoms with Gasteiger partial charge >= 0.3 is 0 Å². The van der Waals surface area contributed by atoms with Crippen LogP contribution in [-0.2, 0) is 11.2 Å². The molecule has 0 radical (unpaired) electrons. The van der Waals surface area contributed by atoms with Crippen molar-refractivity contribution in [2.45, 2.75) is 25.9 Å². The van der Waals surface area contributed by atoms with E-state index >= 15 is 0 Å². The molecule has 0 bridgehead atoms. The van der Waals surface area contributed by atoms with Gasteiger partial charge in [0.2, 0.25) is 5.88 Å². The molecule has 5 heterocycles. The van der Waals surface area contributed by atoms with Crippen LogP contribution in [0, 0.1) is 0 Å². The molecule has 11 heteroatoms. The Morgan fingerprint density at radius 3 is 2.82 bits per heavy atom. The predicted octanol–water partition coefficient (Wildman–Crippen LogP) is 2.90. The van der Waals surface area contributed by atoms with E-state index in [1.54, 1.807) is 24.4 Å². The highest BCUT2D eigenvalue weighted by molar-refractivity contribution is 5.81. The molecule has 202 valence electrons. The third kappa shape index (κ3) is 4.92. The van der Waals surface area contributed by atoms with Gasteiger partial charge in [-0.05, 0) is 38.0 Å². The van der Waals surface area contributed by atoms with Crippen LogP contribution in [0.5, 0.6) is 11.6 Å². The summed E-state index contributed by atoms with van der Waals surface area (Å²) in [4.78, 5) is 29.9. The Hall–Kier alpha value is -4.38. The van der Waals surface area contributed by atoms with Crippen molar-refractivity contribution in [1.82, 2.24) is 24.3 Å². The summed E-state index contributed by atoms with van der Waals surface area (Å²) in [6, 6.07) is 8.03. The van der Waals surface area contributed by atoms with Gasteiger partial charge in [0.25, 0.3) is 5.91 Å². The molecule has 2 aliphatic rings. The lowest BCUT2D eigenvalue weighted by molar-refractivity contribution is -0.139. The molecule has 6 rings (SSSR count). The summed E-state index contributed by atoms with van der Waals surface area (Å²) in [5, 5.41) is 13.0. The number of pyridine rings is 1. The first kappa shape index (κ1) is 24.9. The van der Waals surface area contributed by atoms with E-state index in [2.05, 4.69) is 26.3 Å². The number of nitrogens with zero attached hydrogens (tertiary/aromatic N) is 6. The van der Waals surface area contributed by atoms with Crippen LogP contribution in [0.15, 0.2) is 49.1 Å². The number of rotatable bonds is 6. The number of hydrogen-bond donors (Lipinski definition) is 2. The lowest BCUT2D eigenvalue weighted by atomic mass is 10.1. The summed E-state index contributed by atoms with van der Waals surface area (Å²) in [5.74, 6) is 1.80. The highest BCUT2D eigenvalue weighted by Gasteiger charge is 2.25. The SMILES string of the molecule is COc1cc(Nc2nc(-c3cnc4c(c3)CCCO4)cn3ccnc23)ccc1N1CCN(C(=O)[C@H](C)O)CC1. The number of fused-ring (bicyclic) bond motifs is 2. The molecule has 1 fully saturated rings. The molecular weight excluding hydrogens is 498 g/mol. The number of carbonyl (C=O) groups excluding carboxylic acids is 1. The van der Waals surface area contributed by atoms with Crippen LogP contribution in [0.25, 0.3) is 16.9 Å². The van der Waals surface area contributed by atoms with Crippen molar-refractivity contribution in [2.75, 3.05) is 50.1 Å². The molecule has 2 N–H and O–H groups in total. The number of methoxy groups -OCH3 is 1. The number of aliphatic hydroxyl groups is 1. The Labute approximate surface area is 226 Å². The molecule has 4 aromatic rings. The fourth-order valence-electron chi connectivity index (χ4n) is 5.12. The van der Waals surface area contributed by atoms with Crippen molar-refractivity contribution in [3.63, 3.8) is 0 Å². The Balaban J connectivity index is 1.25. The second-order valence-corrected chi connectivity index (χ2v) is 9.77. The zero-order valence-corrected chi connectivity index (χ0v) is 22.0. The highest BCUT2D eigenvalue weighted by Crippen LogP contribution is 2.34. The van der Waals surface area contributed by atoms with Crippen LogP contribution in [0.3, 0.4) is 0 Å². The fraction of sp³-hybridized carbons (Fsp3) is 0.357. The third-order valence-electron chi connectivity index (χ3n) is 7.16. The average Bonchev–Trinajstić information content (AvgIpc) is 3.46. The van der Waals surface area contributed by atoms with Crippen LogP contribution in [0.4, 0.5) is 17.2 Å². The summed E-state index contributed by atoms with van der Waals surface area (Å²) in [7, 11) is 1.65. The molecule has 0 spiro atoms. The van der Waals surface area contributed by atoms with E-state index in [4.69, 9.17) is 14.5 Å². The standard InChI is InChI=1S/C28H31N7O4/c1-18(36)28(37)34-11-9-33(10-12-34)23-6-5-21(15-24(23)38-2)31-25-26-29-7-8-35(26)17-22(32-25)20-14-19-4-3-13-39-27(19)30-16-20/h5-8,14-18,36H,3-4,9-13H2,1-2H3,(H,31,32)/t18-/m0/s1. The lowest BCUT2D eigenvalue weighted by Gasteiger charge is -2.37. The highest BCUT2D eigenvalue weighted by atomic mass is 16.5. The van der Waals surface area contributed by atoms with Crippen LogP contribution < -0.4 is 19.7 Å². The minimum atomic E-state index is -0.984. The maximum absolute atomic E-state index is 12.1. The first-order chi connectivity index (χ1) is 19.0. The molecule has 3 aromatic heterocycles. The summed E-state index contributed by atoms with van der Waals surface area (Å²) in [6.07, 6.45) is 8.32. The van der Waals surface area contributed by atoms with Gasteiger partial charge in [-0.1, -0.05) is 0 Å². The molecule has 0 unspecified atom stereocenters. The van der Waals surface area contributed by atoms with Gasteiger partial charge in [-0.25, -0.2) is 15.0 Å². The molecule has 1 amide bonds. The normalized spacial score (nSPS) is 16.0. The van der Waals surface area contributed by atoms with Gasteiger partial charge in [0.15, 0.2) is 11.5 Å². The zero-order chi connectivity index (χ0) is 26.9. The Morgan fingerprint density at radius 2 is 2.03 bits per heavy atom. The first-order valence-corrected chi connectivity index (χ1v) is 13.1. The van der Waals surface area contributed by atoms with Gasteiger partial charge in [0.05, 0.1) is 25.1 Å². The third-order valence-corrected chi connectivity index (χ3v) is 7.16. The van der Waals surface area contributed by atoms with Gasteiger partial charge in [0.1, 0.15) is 11.9 Å². The monoisotopic (exact) mass is 529 g/mol. The molecule has 39 heavy (non-hydrogen) atoms. The van der Waals surface area contributed by atoms with Crippen molar-refractivity contribution in [3.8, 4) is 22.9 Å². The van der Waals surface area contributed by atoms with Crippen LogP contribution in [0.2, 0.25) is 0 Å². The van der Waals surface area contributed by atoms with E-state index in [1.165, 1.54) is 6.92 Å². The van der Waals surface area contributed by atoms with E-state index in [-0.39, 0.29) is 5.91 Å². The van der Waals surface area contributed by atoms with Gasteiger partial charge < -0.3 is 34.1 Å². The number of nitrogens with one attached hydrogen (secondary N) is 1. The van der Waals surface area contributed by atoms with Crippen molar-refractivity contribution in [1.29, 1.82) is 0 Å². The number of benzene rings is 1. The second kappa shape index (κ2) is 10.4. The number of aromatic nitrogens is 4. The summed E-state index contributed by atoms with van der Waals surface area (Å²) >= 11 is 0. The van der Waals surface area contributed by atoms with E-state index in [0.717, 1.165) is 41.0 Å². The number of anilines is 3. The molecular formula is C28H31N7O4. The van der Waals surface area contributed by atoms with Gasteiger partial charge in [-0.2, -0.15) is 0 Å².